The minimum atomic E-state index is -3.92. The maximum absolute atomic E-state index is 11.7. The lowest BCUT2D eigenvalue weighted by atomic mass is 10.2. The van der Waals surface area contributed by atoms with Gasteiger partial charge in [-0.05, 0) is 6.07 Å². The maximum atomic E-state index is 11.7. The molecular formula is C9H14N4O7S. The second-order valence-corrected chi connectivity index (χ2v) is 5.97. The van der Waals surface area contributed by atoms with E-state index in [0.29, 0.717) is 0 Å². The molecule has 12 heteroatoms. The van der Waals surface area contributed by atoms with Crippen LogP contribution in [0.1, 0.15) is 6.23 Å². The minimum absolute atomic E-state index is 0.0236. The average molecular weight is 322 g/mol. The van der Waals surface area contributed by atoms with Crippen molar-refractivity contribution < 1.29 is 27.7 Å². The number of aliphatic hydroxyl groups excluding tert-OH is 1. The van der Waals surface area contributed by atoms with Crippen LogP contribution in [-0.4, -0.2) is 53.0 Å². The third-order valence-electron chi connectivity index (χ3n) is 2.75. The number of rotatable bonds is 4. The Bertz CT molecular complexity index is 675. The molecule has 0 saturated carbocycles. The summed E-state index contributed by atoms with van der Waals surface area (Å²) < 4.78 is 33.0. The zero-order valence-corrected chi connectivity index (χ0v) is 11.6. The van der Waals surface area contributed by atoms with E-state index in [1.165, 1.54) is 12.3 Å². The number of nitrogen functional groups attached to an aromatic ring is 1. The number of nitrogens with zero attached hydrogens (tertiary/aromatic N) is 2. The summed E-state index contributed by atoms with van der Waals surface area (Å²) in [6, 6.07) is 1.30. The zero-order valence-electron chi connectivity index (χ0n) is 10.8. The van der Waals surface area contributed by atoms with Gasteiger partial charge in [0.2, 0.25) is 0 Å². The van der Waals surface area contributed by atoms with E-state index in [2.05, 4.69) is 9.17 Å². The molecule has 1 aliphatic rings. The van der Waals surface area contributed by atoms with Crippen LogP contribution < -0.4 is 16.9 Å². The van der Waals surface area contributed by atoms with Crippen LogP contribution in [0, 0.1) is 0 Å². The van der Waals surface area contributed by atoms with Crippen molar-refractivity contribution in [1.29, 1.82) is 0 Å². The van der Waals surface area contributed by atoms with Gasteiger partial charge < -0.3 is 20.8 Å². The molecule has 118 valence electrons. The Morgan fingerprint density at radius 3 is 2.76 bits per heavy atom. The van der Waals surface area contributed by atoms with Crippen molar-refractivity contribution >= 4 is 15.9 Å². The van der Waals surface area contributed by atoms with E-state index < -0.39 is 40.5 Å². The monoisotopic (exact) mass is 322 g/mol. The molecule has 5 N–H and O–H groups in total. The number of ether oxygens (including phenoxy) is 1. The lowest BCUT2D eigenvalue weighted by Crippen LogP contribution is -2.42. The Labute approximate surface area is 119 Å². The standard InChI is InChI=1S/C9H14N4O7S/c1-21(17,18)20-6-5(14)8(19-7(6)12-16)13-3-2-4(10)11-9(13)15/h2-3,5-8,12,14,16H,1H3,(H2,10,11,15)/t5-,6+,7+,8-/m1/s1. The first-order chi connectivity index (χ1) is 9.73. The van der Waals surface area contributed by atoms with Crippen LogP contribution in [0.25, 0.3) is 0 Å². The van der Waals surface area contributed by atoms with E-state index in [0.717, 1.165) is 10.8 Å². The van der Waals surface area contributed by atoms with E-state index >= 15 is 0 Å². The molecule has 2 rings (SSSR count). The van der Waals surface area contributed by atoms with Gasteiger partial charge in [0, 0.05) is 6.20 Å². The molecule has 0 bridgehead atoms. The van der Waals surface area contributed by atoms with Crippen LogP contribution in [0.3, 0.4) is 0 Å². The first kappa shape index (κ1) is 15.8. The first-order valence-electron chi connectivity index (χ1n) is 5.69. The maximum Gasteiger partial charge on any atom is 0.351 e. The molecule has 0 aliphatic carbocycles. The summed E-state index contributed by atoms with van der Waals surface area (Å²) in [6.45, 7) is 0. The molecule has 11 nitrogen and oxygen atoms in total. The molecule has 1 fully saturated rings. The molecule has 1 aliphatic heterocycles. The van der Waals surface area contributed by atoms with E-state index in [4.69, 9.17) is 15.7 Å². The van der Waals surface area contributed by atoms with Crippen LogP contribution >= 0.6 is 0 Å². The molecule has 0 spiro atoms. The largest absolute Gasteiger partial charge is 0.385 e. The van der Waals surface area contributed by atoms with Gasteiger partial charge in [0.1, 0.15) is 18.0 Å². The third-order valence-corrected chi connectivity index (χ3v) is 3.32. The van der Waals surface area contributed by atoms with Crippen molar-refractivity contribution in [3.63, 3.8) is 0 Å². The number of hydrogen-bond donors (Lipinski definition) is 4. The summed E-state index contributed by atoms with van der Waals surface area (Å²) in [5, 5.41) is 19.0. The number of hydrogen-bond acceptors (Lipinski definition) is 10. The van der Waals surface area contributed by atoms with Crippen LogP contribution in [0.4, 0.5) is 5.82 Å². The van der Waals surface area contributed by atoms with Gasteiger partial charge in [-0.25, -0.2) is 4.79 Å². The number of aliphatic hydroxyl groups is 1. The van der Waals surface area contributed by atoms with Gasteiger partial charge in [-0.15, -0.1) is 0 Å². The summed E-state index contributed by atoms with van der Waals surface area (Å²) in [6.07, 6.45) is -3.66. The third kappa shape index (κ3) is 3.37. The van der Waals surface area contributed by atoms with E-state index in [1.807, 2.05) is 0 Å². The minimum Gasteiger partial charge on any atom is -0.385 e. The van der Waals surface area contributed by atoms with Crippen molar-refractivity contribution in [3.8, 4) is 0 Å². The van der Waals surface area contributed by atoms with Gasteiger partial charge in [-0.1, -0.05) is 0 Å². The second kappa shape index (κ2) is 5.67. The highest BCUT2D eigenvalue weighted by Gasteiger charge is 2.47. The fraction of sp³-hybridized carbons (Fsp3) is 0.556. The van der Waals surface area contributed by atoms with E-state index in [1.54, 1.807) is 5.48 Å². The Kier molecular flexibility index (Phi) is 4.27. The molecule has 0 unspecified atom stereocenters. The smallest absolute Gasteiger partial charge is 0.351 e. The summed E-state index contributed by atoms with van der Waals surface area (Å²) in [5.41, 5.74) is 6.20. The molecule has 4 atom stereocenters. The van der Waals surface area contributed by atoms with Crippen molar-refractivity contribution in [1.82, 2.24) is 15.0 Å². The van der Waals surface area contributed by atoms with Gasteiger partial charge in [-0.2, -0.15) is 18.9 Å². The fourth-order valence-corrected chi connectivity index (χ4v) is 2.53. The molecule has 21 heavy (non-hydrogen) atoms. The average Bonchev–Trinajstić information content (AvgIpc) is 2.65. The van der Waals surface area contributed by atoms with E-state index in [-0.39, 0.29) is 5.82 Å². The van der Waals surface area contributed by atoms with Gasteiger partial charge in [0.05, 0.1) is 6.26 Å². The predicted molar refractivity (Wildman–Crippen MR) is 67.5 cm³/mol. The van der Waals surface area contributed by atoms with Gasteiger partial charge in [-0.3, -0.25) is 8.75 Å². The number of hydroxylamine groups is 1. The van der Waals surface area contributed by atoms with Gasteiger partial charge in [0.15, 0.2) is 12.5 Å². The molecule has 1 aromatic heterocycles. The normalized spacial score (nSPS) is 29.7. The summed E-state index contributed by atoms with van der Waals surface area (Å²) in [7, 11) is -3.92. The highest BCUT2D eigenvalue weighted by atomic mass is 32.2. The molecule has 1 saturated heterocycles. The molecular weight excluding hydrogens is 308 g/mol. The zero-order chi connectivity index (χ0) is 15.8. The van der Waals surface area contributed by atoms with Crippen molar-refractivity contribution in [3.05, 3.63) is 22.7 Å². The summed E-state index contributed by atoms with van der Waals surface area (Å²) in [5.74, 6) is -0.0236. The van der Waals surface area contributed by atoms with E-state index in [9.17, 15) is 18.3 Å². The Hall–Kier alpha value is -1.57. The summed E-state index contributed by atoms with van der Waals surface area (Å²) in [4.78, 5) is 15.2. The second-order valence-electron chi connectivity index (χ2n) is 4.37. The predicted octanol–water partition coefficient (Wildman–Crippen LogP) is -2.64. The molecule has 0 radical (unpaired) electrons. The highest BCUT2D eigenvalue weighted by Crippen LogP contribution is 2.29. The Balaban J connectivity index is 2.33. The SMILES string of the molecule is CS(=O)(=O)O[C@H]1[C@@H](O)[C@H](n2ccc(N)nc2=O)O[C@@H]1NO. The number of anilines is 1. The lowest BCUT2D eigenvalue weighted by molar-refractivity contribution is -0.0945. The Morgan fingerprint density at radius 1 is 1.57 bits per heavy atom. The van der Waals surface area contributed by atoms with Gasteiger partial charge >= 0.3 is 5.69 Å². The number of aromatic nitrogens is 2. The topological polar surface area (TPSA) is 166 Å². The fourth-order valence-electron chi connectivity index (χ4n) is 1.91. The van der Waals surface area contributed by atoms with Crippen LogP contribution in [0.5, 0.6) is 0 Å². The highest BCUT2D eigenvalue weighted by molar-refractivity contribution is 7.86. The van der Waals surface area contributed by atoms with Crippen molar-refractivity contribution in [2.24, 2.45) is 0 Å². The number of nitrogens with two attached hydrogens (primary N) is 1. The quantitative estimate of drug-likeness (QED) is 0.340. The molecule has 0 aromatic carbocycles. The molecule has 1 aromatic rings. The lowest BCUT2D eigenvalue weighted by Gasteiger charge is -2.18. The Morgan fingerprint density at radius 2 is 2.24 bits per heavy atom. The molecule has 0 amide bonds. The van der Waals surface area contributed by atoms with Crippen LogP contribution in [-0.2, 0) is 19.0 Å². The van der Waals surface area contributed by atoms with Gasteiger partial charge in [0.25, 0.3) is 10.1 Å². The summed E-state index contributed by atoms with van der Waals surface area (Å²) >= 11 is 0. The number of nitrogens with one attached hydrogen (secondary N) is 1. The van der Waals surface area contributed by atoms with Crippen molar-refractivity contribution in [2.45, 2.75) is 24.7 Å². The molecule has 2 heterocycles. The van der Waals surface area contributed by atoms with Crippen molar-refractivity contribution in [2.75, 3.05) is 12.0 Å². The van der Waals surface area contributed by atoms with Crippen LogP contribution in [0.15, 0.2) is 17.1 Å². The van der Waals surface area contributed by atoms with Crippen LogP contribution in [0.2, 0.25) is 0 Å². The first-order valence-corrected chi connectivity index (χ1v) is 7.50.